The van der Waals surface area contributed by atoms with Crippen LogP contribution in [0.15, 0.2) is 35.5 Å². The number of amides is 1. The van der Waals surface area contributed by atoms with Crippen LogP contribution in [0.2, 0.25) is 0 Å². The number of halogens is 3. The molecule has 102 valence electrons. The average molecular weight is 297 g/mol. The lowest BCUT2D eigenvalue weighted by atomic mass is 10.1. The van der Waals surface area contributed by atoms with Gasteiger partial charge in [0.05, 0.1) is 5.56 Å². The molecular weight excluding hydrogens is 291 g/mol. The van der Waals surface area contributed by atoms with E-state index in [1.165, 1.54) is 12.1 Å². The van der Waals surface area contributed by atoms with Crippen LogP contribution in [0.3, 0.4) is 0 Å². The Bertz CT molecular complexity index is 742. The van der Waals surface area contributed by atoms with Gasteiger partial charge in [-0.1, -0.05) is 6.07 Å². The van der Waals surface area contributed by atoms with Gasteiger partial charge in [0.2, 0.25) is 5.91 Å². The van der Waals surface area contributed by atoms with Gasteiger partial charge in [-0.3, -0.25) is 4.79 Å². The lowest BCUT2D eigenvalue weighted by Gasteiger charge is -2.05. The molecule has 0 unspecified atom stereocenters. The van der Waals surface area contributed by atoms with E-state index >= 15 is 0 Å². The Kier molecular flexibility index (Phi) is 3.78. The third kappa shape index (κ3) is 3.17. The fourth-order valence-electron chi connectivity index (χ4n) is 1.54. The van der Waals surface area contributed by atoms with Crippen molar-refractivity contribution in [2.75, 3.05) is 0 Å². The molecule has 0 N–H and O–H groups in total. The molecule has 0 saturated heterocycles. The Labute approximate surface area is 114 Å². The fourth-order valence-corrected chi connectivity index (χ4v) is 2.55. The first-order chi connectivity index (χ1) is 9.40. The summed E-state index contributed by atoms with van der Waals surface area (Å²) < 4.78 is 38.2. The van der Waals surface area contributed by atoms with E-state index in [0.717, 1.165) is 29.5 Å². The van der Waals surface area contributed by atoms with Crippen LogP contribution in [-0.4, -0.2) is 5.91 Å². The maximum Gasteiger partial charge on any atom is 0.416 e. The number of alkyl halides is 3. The highest BCUT2D eigenvalue weighted by atomic mass is 32.1. The number of benzene rings is 1. The highest BCUT2D eigenvalue weighted by Crippen LogP contribution is 2.34. The minimum atomic E-state index is -4.38. The number of hydrogen-bond acceptors (Lipinski definition) is 2. The molecule has 20 heavy (non-hydrogen) atoms. The summed E-state index contributed by atoms with van der Waals surface area (Å²) >= 11 is 1.11. The Balaban J connectivity index is 2.34. The summed E-state index contributed by atoms with van der Waals surface area (Å²) in [4.78, 5) is 13.9. The molecule has 0 fully saturated rings. The van der Waals surface area contributed by atoms with Crippen LogP contribution in [0.4, 0.5) is 13.2 Å². The molecule has 0 aliphatic rings. The van der Waals surface area contributed by atoms with Crippen molar-refractivity contribution < 1.29 is 18.0 Å². The molecule has 0 saturated carbocycles. The molecule has 2 rings (SSSR count). The number of hydrogen-bond donors (Lipinski definition) is 0. The van der Waals surface area contributed by atoms with Crippen LogP contribution in [0, 0.1) is 0 Å². The molecular formula is C12H6F3N3OS. The van der Waals surface area contributed by atoms with E-state index in [0.29, 0.717) is 15.0 Å². The smallest absolute Gasteiger partial charge is 0.288 e. The van der Waals surface area contributed by atoms with Gasteiger partial charge in [-0.15, -0.1) is 11.3 Å². The van der Waals surface area contributed by atoms with Crippen molar-refractivity contribution in [3.05, 3.63) is 51.2 Å². The predicted octanol–water partition coefficient (Wildman–Crippen LogP) is 4.77. The molecule has 0 radical (unpaired) electrons. The standard InChI is InChI=1S/C12H6F3N3OS/c13-12(14,15)8-2-1-7-5-9(20-10(7)6-8)3-4-11(19)17-18-16/h1-6H. The Morgan fingerprint density at radius 3 is 2.75 bits per heavy atom. The molecule has 1 amide bonds. The lowest BCUT2D eigenvalue weighted by Crippen LogP contribution is -2.03. The van der Waals surface area contributed by atoms with Gasteiger partial charge in [0.25, 0.3) is 0 Å². The number of thiophene rings is 1. The highest BCUT2D eigenvalue weighted by Gasteiger charge is 2.30. The second-order valence-electron chi connectivity index (χ2n) is 3.76. The van der Waals surface area contributed by atoms with Gasteiger partial charge < -0.3 is 0 Å². The number of nitrogens with zero attached hydrogens (tertiary/aromatic N) is 3. The van der Waals surface area contributed by atoms with Gasteiger partial charge in [-0.05, 0) is 46.4 Å². The molecule has 1 aromatic heterocycles. The van der Waals surface area contributed by atoms with Crippen LogP contribution in [0.1, 0.15) is 10.4 Å². The van der Waals surface area contributed by atoms with Crippen molar-refractivity contribution in [2.45, 2.75) is 6.18 Å². The van der Waals surface area contributed by atoms with Crippen molar-refractivity contribution in [1.29, 1.82) is 0 Å². The molecule has 4 nitrogen and oxygen atoms in total. The summed E-state index contributed by atoms with van der Waals surface area (Å²) in [7, 11) is 0. The van der Waals surface area contributed by atoms with Crippen LogP contribution >= 0.6 is 11.3 Å². The zero-order valence-electron chi connectivity index (χ0n) is 9.76. The van der Waals surface area contributed by atoms with E-state index in [4.69, 9.17) is 5.53 Å². The normalized spacial score (nSPS) is 11.8. The van der Waals surface area contributed by atoms with Gasteiger partial charge in [-0.2, -0.15) is 13.2 Å². The minimum absolute atomic E-state index is 0.468. The minimum Gasteiger partial charge on any atom is -0.288 e. The van der Waals surface area contributed by atoms with E-state index < -0.39 is 17.6 Å². The first-order valence-electron chi connectivity index (χ1n) is 5.28. The zero-order chi connectivity index (χ0) is 14.8. The molecule has 0 spiro atoms. The second-order valence-corrected chi connectivity index (χ2v) is 4.88. The molecule has 0 aliphatic heterocycles. The number of azide groups is 1. The van der Waals surface area contributed by atoms with E-state index in [1.807, 2.05) is 0 Å². The summed E-state index contributed by atoms with van der Waals surface area (Å²) in [6.07, 6.45) is -1.92. The van der Waals surface area contributed by atoms with E-state index in [1.54, 1.807) is 6.07 Å². The van der Waals surface area contributed by atoms with Crippen molar-refractivity contribution in [3.63, 3.8) is 0 Å². The Morgan fingerprint density at radius 1 is 1.35 bits per heavy atom. The van der Waals surface area contributed by atoms with Gasteiger partial charge in [-0.25, -0.2) is 0 Å². The van der Waals surface area contributed by atoms with Crippen LogP contribution in [0.25, 0.3) is 26.6 Å². The molecule has 0 aliphatic carbocycles. The Morgan fingerprint density at radius 2 is 2.10 bits per heavy atom. The number of rotatable bonds is 2. The highest BCUT2D eigenvalue weighted by molar-refractivity contribution is 7.19. The third-order valence-corrected chi connectivity index (χ3v) is 3.46. The van der Waals surface area contributed by atoms with Gasteiger partial charge in [0.1, 0.15) is 0 Å². The van der Waals surface area contributed by atoms with Crippen molar-refractivity contribution >= 4 is 33.4 Å². The Hall–Kier alpha value is -2.31. The third-order valence-electron chi connectivity index (χ3n) is 2.40. The topological polar surface area (TPSA) is 65.8 Å². The number of fused-ring (bicyclic) bond motifs is 1. The van der Waals surface area contributed by atoms with Gasteiger partial charge in [0.15, 0.2) is 0 Å². The predicted molar refractivity (Wildman–Crippen MR) is 70.0 cm³/mol. The molecule has 0 atom stereocenters. The van der Waals surface area contributed by atoms with Crippen molar-refractivity contribution in [2.24, 2.45) is 5.11 Å². The van der Waals surface area contributed by atoms with Crippen LogP contribution in [-0.2, 0) is 11.0 Å². The van der Waals surface area contributed by atoms with E-state index in [-0.39, 0.29) is 0 Å². The molecule has 8 heteroatoms. The molecule has 2 aromatic rings. The van der Waals surface area contributed by atoms with Gasteiger partial charge >= 0.3 is 6.18 Å². The molecule has 1 aromatic carbocycles. The lowest BCUT2D eigenvalue weighted by molar-refractivity contribution is -0.137. The van der Waals surface area contributed by atoms with Crippen LogP contribution < -0.4 is 0 Å². The molecule has 1 heterocycles. The summed E-state index contributed by atoms with van der Waals surface area (Å²) in [5.74, 6) is -0.763. The fraction of sp³-hybridized carbons (Fsp3) is 0.0833. The van der Waals surface area contributed by atoms with Crippen molar-refractivity contribution in [1.82, 2.24) is 0 Å². The first kappa shape index (κ1) is 14.1. The second kappa shape index (κ2) is 5.36. The SMILES string of the molecule is [N-]=[N+]=NC(=O)C=Cc1cc2ccc(C(F)(F)F)cc2s1. The number of carbonyl (C=O) groups is 1. The largest absolute Gasteiger partial charge is 0.416 e. The van der Waals surface area contributed by atoms with Crippen LogP contribution in [0.5, 0.6) is 0 Å². The van der Waals surface area contributed by atoms with Gasteiger partial charge in [0, 0.05) is 14.5 Å². The van der Waals surface area contributed by atoms with Crippen molar-refractivity contribution in [3.8, 4) is 0 Å². The summed E-state index contributed by atoms with van der Waals surface area (Å²) in [6.45, 7) is 0. The monoisotopic (exact) mass is 297 g/mol. The summed E-state index contributed by atoms with van der Waals surface area (Å²) in [5.41, 5.74) is 7.34. The maximum atomic E-state index is 12.6. The molecule has 0 bridgehead atoms. The summed E-state index contributed by atoms with van der Waals surface area (Å²) in [6, 6.07) is 5.10. The first-order valence-corrected chi connectivity index (χ1v) is 6.10. The number of carbonyl (C=O) groups excluding carboxylic acids is 1. The zero-order valence-corrected chi connectivity index (χ0v) is 10.6. The van der Waals surface area contributed by atoms with E-state index in [9.17, 15) is 18.0 Å². The maximum absolute atomic E-state index is 12.6. The summed E-state index contributed by atoms with van der Waals surface area (Å²) in [5, 5.41) is 3.50. The van der Waals surface area contributed by atoms with E-state index in [2.05, 4.69) is 10.0 Å². The average Bonchev–Trinajstić information content (AvgIpc) is 2.77. The quantitative estimate of drug-likeness (QED) is 0.341.